The number of nitrogens with zero attached hydrogens (tertiary/aromatic N) is 1. The van der Waals surface area contributed by atoms with Crippen molar-refractivity contribution in [1.29, 1.82) is 0 Å². The second-order valence-corrected chi connectivity index (χ2v) is 6.88. The molecule has 3 rings (SSSR count). The third-order valence-electron chi connectivity index (χ3n) is 4.27. The van der Waals surface area contributed by atoms with E-state index in [1.165, 1.54) is 32.5 Å². The fourth-order valence-electron chi connectivity index (χ4n) is 3.30. The van der Waals surface area contributed by atoms with Gasteiger partial charge in [0, 0.05) is 24.2 Å². The van der Waals surface area contributed by atoms with Gasteiger partial charge in [-0.15, -0.1) is 0 Å². The topological polar surface area (TPSA) is 24.5 Å². The molecule has 110 valence electrons. The van der Waals surface area contributed by atoms with Gasteiger partial charge in [-0.05, 0) is 60.3 Å². The summed E-state index contributed by atoms with van der Waals surface area (Å²) in [6, 6.07) is 4.38. The van der Waals surface area contributed by atoms with Crippen LogP contribution in [0.3, 0.4) is 0 Å². The first-order valence-electron chi connectivity index (χ1n) is 7.28. The second kappa shape index (κ2) is 6.12. The Kier molecular flexibility index (Phi) is 4.43. The Hall–Kier alpha value is -0.450. The lowest BCUT2D eigenvalue weighted by atomic mass is 9.94. The van der Waals surface area contributed by atoms with Gasteiger partial charge in [0.15, 0.2) is 5.75 Å². The number of hydrogen-bond donors (Lipinski definition) is 1. The third-order valence-corrected chi connectivity index (χ3v) is 5.08. The summed E-state index contributed by atoms with van der Waals surface area (Å²) >= 11 is 9.73. The molecule has 2 saturated heterocycles. The number of anilines is 1. The fraction of sp³-hybridized carbons (Fsp3) is 0.600. The molecule has 0 saturated carbocycles. The first-order valence-corrected chi connectivity index (χ1v) is 8.45. The van der Waals surface area contributed by atoms with E-state index in [0.29, 0.717) is 12.6 Å². The molecule has 3 nitrogen and oxygen atoms in total. The monoisotopic (exact) mass is 358 g/mol. The van der Waals surface area contributed by atoms with Crippen molar-refractivity contribution in [2.45, 2.75) is 25.8 Å². The largest absolute Gasteiger partial charge is 0.491 e. The van der Waals surface area contributed by atoms with E-state index < -0.39 is 0 Å². The van der Waals surface area contributed by atoms with E-state index in [-0.39, 0.29) is 0 Å². The normalized spacial score (nSPS) is 28.4. The van der Waals surface area contributed by atoms with Crippen molar-refractivity contribution >= 4 is 33.2 Å². The van der Waals surface area contributed by atoms with Gasteiger partial charge in [0.2, 0.25) is 0 Å². The Morgan fingerprint density at radius 3 is 3.00 bits per heavy atom. The Morgan fingerprint density at radius 2 is 2.20 bits per heavy atom. The number of rotatable bonds is 4. The Balaban J connectivity index is 1.82. The molecule has 0 spiro atoms. The maximum absolute atomic E-state index is 6.18. The smallest absolute Gasteiger partial charge is 0.156 e. The van der Waals surface area contributed by atoms with Crippen molar-refractivity contribution in [3.63, 3.8) is 0 Å². The Bertz CT molecular complexity index is 497. The maximum atomic E-state index is 6.18. The molecule has 1 aromatic rings. The van der Waals surface area contributed by atoms with Crippen LogP contribution in [0.15, 0.2) is 16.6 Å². The summed E-state index contributed by atoms with van der Waals surface area (Å²) in [7, 11) is 0. The van der Waals surface area contributed by atoms with Crippen LogP contribution in [0.5, 0.6) is 5.75 Å². The molecule has 0 radical (unpaired) electrons. The van der Waals surface area contributed by atoms with Crippen molar-refractivity contribution in [2.75, 3.05) is 31.6 Å². The van der Waals surface area contributed by atoms with Crippen LogP contribution in [0.2, 0.25) is 5.02 Å². The summed E-state index contributed by atoms with van der Waals surface area (Å²) in [5.74, 6) is 1.62. The van der Waals surface area contributed by atoms with E-state index in [0.717, 1.165) is 26.9 Å². The van der Waals surface area contributed by atoms with Crippen molar-refractivity contribution < 1.29 is 4.74 Å². The van der Waals surface area contributed by atoms with Crippen LogP contribution < -0.4 is 10.1 Å². The number of benzene rings is 1. The highest BCUT2D eigenvalue weighted by Crippen LogP contribution is 2.39. The molecule has 0 aromatic heterocycles. The number of halogens is 2. The Labute approximate surface area is 133 Å². The van der Waals surface area contributed by atoms with Gasteiger partial charge in [-0.2, -0.15) is 0 Å². The summed E-state index contributed by atoms with van der Waals surface area (Å²) in [5.41, 5.74) is 1.01. The molecule has 2 aliphatic heterocycles. The highest BCUT2D eigenvalue weighted by molar-refractivity contribution is 9.10. The van der Waals surface area contributed by atoms with Gasteiger partial charge in [-0.1, -0.05) is 11.6 Å². The lowest BCUT2D eigenvalue weighted by Gasteiger charge is -2.32. The maximum Gasteiger partial charge on any atom is 0.156 e. The summed E-state index contributed by atoms with van der Waals surface area (Å²) in [4.78, 5) is 2.56. The standard InChI is InChI=1S/C15H20BrClN2O/c1-2-20-15-12(16)7-11(17)8-14(15)18-13-4-6-19-5-3-10(13)9-19/h7-8,10,13,18H,2-6,9H2,1H3. The SMILES string of the molecule is CCOc1c(Br)cc(Cl)cc1NC1CCN2CCC1C2. The quantitative estimate of drug-likeness (QED) is 0.879. The molecule has 2 bridgehead atoms. The summed E-state index contributed by atoms with van der Waals surface area (Å²) in [6.45, 7) is 6.32. The number of nitrogens with one attached hydrogen (secondary N) is 1. The minimum atomic E-state index is 0.526. The van der Waals surface area contributed by atoms with Gasteiger partial charge in [-0.3, -0.25) is 0 Å². The first kappa shape index (κ1) is 14.5. The number of fused-ring (bicyclic) bond motifs is 2. The number of piperidine rings is 1. The van der Waals surface area contributed by atoms with E-state index in [4.69, 9.17) is 16.3 Å². The number of ether oxygens (including phenoxy) is 1. The van der Waals surface area contributed by atoms with E-state index in [1.54, 1.807) is 0 Å². The van der Waals surface area contributed by atoms with Gasteiger partial charge in [0.25, 0.3) is 0 Å². The van der Waals surface area contributed by atoms with Gasteiger partial charge >= 0.3 is 0 Å². The molecule has 20 heavy (non-hydrogen) atoms. The van der Waals surface area contributed by atoms with Gasteiger partial charge in [-0.25, -0.2) is 0 Å². The van der Waals surface area contributed by atoms with Crippen LogP contribution in [-0.2, 0) is 0 Å². The molecule has 0 amide bonds. The van der Waals surface area contributed by atoms with Crippen molar-refractivity contribution in [1.82, 2.24) is 4.90 Å². The Morgan fingerprint density at radius 1 is 1.40 bits per heavy atom. The second-order valence-electron chi connectivity index (χ2n) is 5.59. The zero-order chi connectivity index (χ0) is 14.1. The van der Waals surface area contributed by atoms with E-state index in [9.17, 15) is 0 Å². The van der Waals surface area contributed by atoms with Gasteiger partial charge < -0.3 is 15.0 Å². The zero-order valence-electron chi connectivity index (χ0n) is 11.7. The predicted molar refractivity (Wildman–Crippen MR) is 86.9 cm³/mol. The van der Waals surface area contributed by atoms with E-state index >= 15 is 0 Å². The highest BCUT2D eigenvalue weighted by Gasteiger charge is 2.34. The van der Waals surface area contributed by atoms with Crippen LogP contribution in [0, 0.1) is 5.92 Å². The van der Waals surface area contributed by atoms with Crippen molar-refractivity contribution in [3.8, 4) is 5.75 Å². The zero-order valence-corrected chi connectivity index (χ0v) is 14.0. The van der Waals surface area contributed by atoms with Crippen LogP contribution in [-0.4, -0.2) is 37.2 Å². The molecular weight excluding hydrogens is 340 g/mol. The minimum Gasteiger partial charge on any atom is -0.491 e. The molecule has 2 fully saturated rings. The minimum absolute atomic E-state index is 0.526. The van der Waals surface area contributed by atoms with E-state index in [1.807, 2.05) is 19.1 Å². The van der Waals surface area contributed by atoms with Gasteiger partial charge in [0.1, 0.15) is 0 Å². The van der Waals surface area contributed by atoms with Crippen molar-refractivity contribution in [3.05, 3.63) is 21.6 Å². The average molecular weight is 360 g/mol. The van der Waals surface area contributed by atoms with Crippen molar-refractivity contribution in [2.24, 2.45) is 5.92 Å². The molecule has 2 aliphatic rings. The molecule has 2 heterocycles. The van der Waals surface area contributed by atoms with E-state index in [2.05, 4.69) is 26.1 Å². The summed E-state index contributed by atoms with van der Waals surface area (Å²) in [5, 5.41) is 4.41. The molecule has 3 atom stereocenters. The lowest BCUT2D eigenvalue weighted by Crippen LogP contribution is -2.39. The fourth-order valence-corrected chi connectivity index (χ4v) is 4.22. The lowest BCUT2D eigenvalue weighted by molar-refractivity contribution is 0.254. The summed E-state index contributed by atoms with van der Waals surface area (Å²) in [6.07, 6.45) is 2.49. The number of hydrogen-bond acceptors (Lipinski definition) is 3. The van der Waals surface area contributed by atoms with Crippen LogP contribution in [0.1, 0.15) is 19.8 Å². The highest BCUT2D eigenvalue weighted by atomic mass is 79.9. The predicted octanol–water partition coefficient (Wildman–Crippen LogP) is 4.01. The van der Waals surface area contributed by atoms with Crippen LogP contribution >= 0.6 is 27.5 Å². The summed E-state index contributed by atoms with van der Waals surface area (Å²) < 4.78 is 6.68. The average Bonchev–Trinajstić information content (AvgIpc) is 2.80. The molecular formula is C15H20BrClN2O. The molecule has 5 heteroatoms. The molecule has 1 aromatic carbocycles. The first-order chi connectivity index (χ1) is 9.67. The van der Waals surface area contributed by atoms with Crippen LogP contribution in [0.4, 0.5) is 5.69 Å². The molecule has 1 N–H and O–H groups in total. The van der Waals surface area contributed by atoms with Crippen LogP contribution in [0.25, 0.3) is 0 Å². The third kappa shape index (κ3) is 2.92. The molecule has 3 unspecified atom stereocenters. The van der Waals surface area contributed by atoms with Gasteiger partial charge in [0.05, 0.1) is 16.8 Å². The molecule has 0 aliphatic carbocycles.